The first kappa shape index (κ1) is 21.1. The number of hydrogen-bond acceptors (Lipinski definition) is 7. The molecular formula is C21H19N3O5S. The van der Waals surface area contributed by atoms with Crippen molar-refractivity contribution in [2.24, 2.45) is 10.7 Å². The number of primary amides is 1. The van der Waals surface area contributed by atoms with E-state index in [1.165, 1.54) is 23.8 Å². The minimum Gasteiger partial charge on any atom is -0.484 e. The van der Waals surface area contributed by atoms with E-state index in [9.17, 15) is 14.4 Å². The predicted octanol–water partition coefficient (Wildman–Crippen LogP) is 2.57. The molecule has 0 atom stereocenters. The summed E-state index contributed by atoms with van der Waals surface area (Å²) in [5.41, 5.74) is 6.73. The highest BCUT2D eigenvalue weighted by Crippen LogP contribution is 2.33. The van der Waals surface area contributed by atoms with Crippen LogP contribution in [-0.2, 0) is 14.3 Å². The van der Waals surface area contributed by atoms with Crippen LogP contribution in [0, 0.1) is 0 Å². The summed E-state index contributed by atoms with van der Waals surface area (Å²) >= 11 is 1.22. The third-order valence-corrected chi connectivity index (χ3v) is 5.09. The molecule has 8 nitrogen and oxygen atoms in total. The first-order valence-electron chi connectivity index (χ1n) is 8.83. The predicted molar refractivity (Wildman–Crippen MR) is 114 cm³/mol. The van der Waals surface area contributed by atoms with Crippen LogP contribution in [0.15, 0.2) is 58.4 Å². The van der Waals surface area contributed by atoms with E-state index >= 15 is 0 Å². The van der Waals surface area contributed by atoms with Crippen LogP contribution in [0.3, 0.4) is 0 Å². The maximum absolute atomic E-state index is 12.6. The fraction of sp³-hybridized carbons (Fsp3) is 0.143. The second-order valence-corrected chi connectivity index (χ2v) is 7.25. The minimum atomic E-state index is -0.570. The van der Waals surface area contributed by atoms with Crippen molar-refractivity contribution in [1.29, 1.82) is 0 Å². The van der Waals surface area contributed by atoms with Gasteiger partial charge >= 0.3 is 5.97 Å². The molecule has 0 saturated carbocycles. The van der Waals surface area contributed by atoms with Crippen LogP contribution in [0.2, 0.25) is 0 Å². The molecule has 2 aromatic rings. The van der Waals surface area contributed by atoms with Gasteiger partial charge in [0.25, 0.3) is 11.8 Å². The number of hydrogen-bond donors (Lipinski definition) is 1. The van der Waals surface area contributed by atoms with E-state index in [1.54, 1.807) is 55.6 Å². The van der Waals surface area contributed by atoms with Gasteiger partial charge in [0.15, 0.2) is 11.8 Å². The van der Waals surface area contributed by atoms with E-state index in [1.807, 2.05) is 6.07 Å². The van der Waals surface area contributed by atoms with Gasteiger partial charge in [-0.2, -0.15) is 0 Å². The number of carbonyl (C=O) groups is 3. The number of benzene rings is 2. The Bertz CT molecular complexity index is 1060. The quantitative estimate of drug-likeness (QED) is 0.562. The van der Waals surface area contributed by atoms with Crippen molar-refractivity contribution < 1.29 is 23.9 Å². The number of rotatable bonds is 6. The third-order valence-electron chi connectivity index (χ3n) is 4.03. The number of carbonyl (C=O) groups excluding carboxylic acids is 3. The number of aliphatic imine (C=N–C) groups is 1. The van der Waals surface area contributed by atoms with Crippen molar-refractivity contribution in [3.8, 4) is 5.75 Å². The van der Waals surface area contributed by atoms with Crippen molar-refractivity contribution in [3.05, 3.63) is 64.6 Å². The molecule has 0 bridgehead atoms. The van der Waals surface area contributed by atoms with Crippen molar-refractivity contribution in [1.82, 2.24) is 4.90 Å². The second kappa shape index (κ2) is 9.27. The van der Waals surface area contributed by atoms with E-state index < -0.39 is 11.9 Å². The largest absolute Gasteiger partial charge is 0.484 e. The summed E-state index contributed by atoms with van der Waals surface area (Å²) in [6.45, 7) is -0.224. The molecule has 1 aliphatic rings. The number of amides is 2. The van der Waals surface area contributed by atoms with Gasteiger partial charge in [-0.3, -0.25) is 14.5 Å². The van der Waals surface area contributed by atoms with Crippen molar-refractivity contribution in [2.45, 2.75) is 0 Å². The zero-order valence-corrected chi connectivity index (χ0v) is 17.1. The van der Waals surface area contributed by atoms with E-state index in [4.69, 9.17) is 15.2 Å². The Morgan fingerprint density at radius 1 is 1.20 bits per heavy atom. The molecule has 1 saturated heterocycles. The van der Waals surface area contributed by atoms with Gasteiger partial charge in [0, 0.05) is 7.05 Å². The highest BCUT2D eigenvalue weighted by Gasteiger charge is 2.30. The van der Waals surface area contributed by atoms with Gasteiger partial charge in [0.05, 0.1) is 23.3 Å². The Balaban J connectivity index is 1.82. The van der Waals surface area contributed by atoms with Gasteiger partial charge in [0.1, 0.15) is 5.75 Å². The Kier molecular flexibility index (Phi) is 6.53. The molecule has 154 valence electrons. The lowest BCUT2D eigenvalue weighted by Gasteiger charge is -2.07. The number of nitrogens with two attached hydrogens (primary N) is 1. The zero-order valence-electron chi connectivity index (χ0n) is 16.3. The average molecular weight is 425 g/mol. The number of nitrogens with zero attached hydrogens (tertiary/aromatic N) is 2. The van der Waals surface area contributed by atoms with Gasteiger partial charge in [-0.05, 0) is 53.7 Å². The Morgan fingerprint density at radius 2 is 1.97 bits per heavy atom. The highest BCUT2D eigenvalue weighted by atomic mass is 32.2. The van der Waals surface area contributed by atoms with Gasteiger partial charge in [-0.15, -0.1) is 0 Å². The van der Waals surface area contributed by atoms with Gasteiger partial charge in [0.2, 0.25) is 0 Å². The van der Waals surface area contributed by atoms with Gasteiger partial charge < -0.3 is 15.2 Å². The van der Waals surface area contributed by atoms with Crippen LogP contribution in [-0.4, -0.2) is 48.6 Å². The molecule has 1 fully saturated rings. The molecule has 1 aliphatic heterocycles. The van der Waals surface area contributed by atoms with Crippen LogP contribution >= 0.6 is 11.8 Å². The lowest BCUT2D eigenvalue weighted by molar-refractivity contribution is -0.121. The first-order valence-corrected chi connectivity index (χ1v) is 9.65. The normalized spacial score (nSPS) is 16.2. The summed E-state index contributed by atoms with van der Waals surface area (Å²) in [4.78, 5) is 41.6. The van der Waals surface area contributed by atoms with Gasteiger partial charge in [-0.25, -0.2) is 9.79 Å². The van der Waals surface area contributed by atoms with Crippen LogP contribution in [0.1, 0.15) is 15.9 Å². The third kappa shape index (κ3) is 5.06. The van der Waals surface area contributed by atoms with Crippen LogP contribution in [0.5, 0.6) is 5.75 Å². The van der Waals surface area contributed by atoms with E-state index in [2.05, 4.69) is 4.99 Å². The topological polar surface area (TPSA) is 111 Å². The fourth-order valence-electron chi connectivity index (χ4n) is 2.58. The van der Waals surface area contributed by atoms with Crippen molar-refractivity contribution in [3.63, 3.8) is 0 Å². The summed E-state index contributed by atoms with van der Waals surface area (Å²) in [5.74, 6) is -0.759. The number of ether oxygens (including phenoxy) is 2. The Labute approximate surface area is 177 Å². The molecule has 30 heavy (non-hydrogen) atoms. The summed E-state index contributed by atoms with van der Waals surface area (Å²) in [7, 11) is 2.94. The molecule has 0 unspecified atom stereocenters. The number of methoxy groups -OCH3 is 1. The molecule has 3 rings (SSSR count). The number of esters is 1. The van der Waals surface area contributed by atoms with E-state index in [-0.39, 0.29) is 12.5 Å². The maximum atomic E-state index is 12.6. The molecule has 0 radical (unpaired) electrons. The molecular weight excluding hydrogens is 406 g/mol. The monoisotopic (exact) mass is 425 g/mol. The lowest BCUT2D eigenvalue weighted by atomic mass is 10.2. The zero-order chi connectivity index (χ0) is 21.7. The summed E-state index contributed by atoms with van der Waals surface area (Å²) in [6, 6.07) is 13.6. The SMILES string of the molecule is COC(=O)c1cccc(N=C2SC(=Cc3cccc(OCC(N)=O)c3)C(=O)N2C)c1. The standard InChI is InChI=1S/C21H19N3O5S/c1-24-19(26)17(10-13-5-3-8-16(9-13)29-12-18(22)25)30-21(24)23-15-7-4-6-14(11-15)20(27)28-2/h3-11H,12H2,1-2H3,(H2,22,25). The molecule has 0 aromatic heterocycles. The molecule has 2 amide bonds. The van der Waals surface area contributed by atoms with E-state index in [0.29, 0.717) is 27.1 Å². The average Bonchev–Trinajstić information content (AvgIpc) is 3.00. The molecule has 2 aromatic carbocycles. The number of likely N-dealkylation sites (N-methyl/N-ethyl adjacent to an activating group) is 1. The molecule has 0 spiro atoms. The lowest BCUT2D eigenvalue weighted by Crippen LogP contribution is -2.23. The Hall–Kier alpha value is -3.59. The minimum absolute atomic E-state index is 0.202. The van der Waals surface area contributed by atoms with Crippen molar-refractivity contribution >= 4 is 46.5 Å². The van der Waals surface area contributed by atoms with Crippen LogP contribution in [0.25, 0.3) is 6.08 Å². The molecule has 2 N–H and O–H groups in total. The Morgan fingerprint density at radius 3 is 2.70 bits per heavy atom. The molecule has 1 heterocycles. The van der Waals surface area contributed by atoms with E-state index in [0.717, 1.165) is 5.56 Å². The molecule has 9 heteroatoms. The molecule has 0 aliphatic carbocycles. The van der Waals surface area contributed by atoms with Gasteiger partial charge in [-0.1, -0.05) is 18.2 Å². The summed E-state index contributed by atoms with van der Waals surface area (Å²) in [5, 5.41) is 0.481. The summed E-state index contributed by atoms with van der Waals surface area (Å²) < 4.78 is 10.0. The van der Waals surface area contributed by atoms with Crippen molar-refractivity contribution in [2.75, 3.05) is 20.8 Å². The maximum Gasteiger partial charge on any atom is 0.337 e. The smallest absolute Gasteiger partial charge is 0.337 e. The van der Waals surface area contributed by atoms with Crippen LogP contribution in [0.4, 0.5) is 5.69 Å². The highest BCUT2D eigenvalue weighted by molar-refractivity contribution is 8.18. The first-order chi connectivity index (χ1) is 14.4. The summed E-state index contributed by atoms with van der Waals surface area (Å²) in [6.07, 6.45) is 1.72. The van der Waals surface area contributed by atoms with Crippen LogP contribution < -0.4 is 10.5 Å². The number of amidine groups is 1. The fourth-order valence-corrected chi connectivity index (χ4v) is 3.57. The number of thioether (sulfide) groups is 1. The second-order valence-electron chi connectivity index (χ2n) is 6.24.